The number of hydrogen-bond donors (Lipinski definition) is 2. The van der Waals surface area contributed by atoms with Gasteiger partial charge in [-0.2, -0.15) is 0 Å². The van der Waals surface area contributed by atoms with Gasteiger partial charge in [0.25, 0.3) is 0 Å². The van der Waals surface area contributed by atoms with E-state index < -0.39 is 12.2 Å². The fourth-order valence-electron chi connectivity index (χ4n) is 3.66. The van der Waals surface area contributed by atoms with Crippen LogP contribution in [0.4, 0.5) is 32.3 Å². The van der Waals surface area contributed by atoms with Gasteiger partial charge in [-0.15, -0.1) is 0 Å². The third-order valence-corrected chi connectivity index (χ3v) is 5.21. The van der Waals surface area contributed by atoms with Gasteiger partial charge in [-0.1, -0.05) is 60.7 Å². The summed E-state index contributed by atoms with van der Waals surface area (Å²) in [6.45, 7) is 0. The molecule has 2 N–H and O–H groups in total. The van der Waals surface area contributed by atoms with Gasteiger partial charge in [-0.25, -0.2) is 19.4 Å². The summed E-state index contributed by atoms with van der Waals surface area (Å²) in [5, 5.41) is 19.3. The predicted octanol–water partition coefficient (Wildman–Crippen LogP) is 6.91. The zero-order valence-corrected chi connectivity index (χ0v) is 17.7. The number of benzene rings is 4. The molecule has 164 valence electrons. The lowest BCUT2D eigenvalue weighted by atomic mass is 10.0. The Morgan fingerprint density at radius 2 is 0.788 bits per heavy atom. The highest BCUT2D eigenvalue weighted by Crippen LogP contribution is 2.28. The Morgan fingerprint density at radius 1 is 0.485 bits per heavy atom. The molecule has 0 aliphatic rings. The molecular formula is C27H22N2O4. The van der Waals surface area contributed by atoms with Crippen LogP contribution in [0.3, 0.4) is 0 Å². The molecule has 0 aliphatic carbocycles. The Balaban J connectivity index is 1.50. The second-order valence-electron chi connectivity index (χ2n) is 7.42. The lowest BCUT2D eigenvalue weighted by molar-refractivity contribution is 0.203. The van der Waals surface area contributed by atoms with Gasteiger partial charge in [-0.3, -0.25) is 0 Å². The van der Waals surface area contributed by atoms with Crippen molar-refractivity contribution in [2.24, 2.45) is 0 Å². The van der Waals surface area contributed by atoms with Crippen molar-refractivity contribution in [2.45, 2.75) is 6.42 Å². The number of carboxylic acid groups (broad SMARTS) is 2. The van der Waals surface area contributed by atoms with Crippen LogP contribution in [0.25, 0.3) is 0 Å². The molecule has 0 bridgehead atoms. The number of hydrogen-bond acceptors (Lipinski definition) is 2. The van der Waals surface area contributed by atoms with Crippen LogP contribution in [-0.4, -0.2) is 22.4 Å². The van der Waals surface area contributed by atoms with E-state index in [-0.39, 0.29) is 0 Å². The largest absolute Gasteiger partial charge is 0.464 e. The third kappa shape index (κ3) is 5.02. The lowest BCUT2D eigenvalue weighted by Crippen LogP contribution is -2.23. The smallest absolute Gasteiger partial charge is 0.416 e. The van der Waals surface area contributed by atoms with Crippen LogP contribution in [0.1, 0.15) is 11.1 Å². The molecule has 0 spiro atoms. The van der Waals surface area contributed by atoms with Gasteiger partial charge in [0, 0.05) is 0 Å². The minimum Gasteiger partial charge on any atom is -0.464 e. The molecule has 6 nitrogen and oxygen atoms in total. The van der Waals surface area contributed by atoms with Crippen molar-refractivity contribution in [1.29, 1.82) is 0 Å². The molecular weight excluding hydrogens is 416 g/mol. The van der Waals surface area contributed by atoms with E-state index in [9.17, 15) is 19.8 Å². The van der Waals surface area contributed by atoms with Crippen molar-refractivity contribution in [3.63, 3.8) is 0 Å². The molecule has 33 heavy (non-hydrogen) atoms. The fourth-order valence-corrected chi connectivity index (χ4v) is 3.66. The minimum absolute atomic E-state index is 0.563. The molecule has 2 amide bonds. The average molecular weight is 438 g/mol. The first-order chi connectivity index (χ1) is 16.0. The number of para-hydroxylation sites is 2. The maximum absolute atomic E-state index is 11.8. The minimum atomic E-state index is -1.05. The zero-order valence-electron chi connectivity index (χ0n) is 17.7. The van der Waals surface area contributed by atoms with Crippen molar-refractivity contribution >= 4 is 34.9 Å². The molecule has 6 heteroatoms. The summed E-state index contributed by atoms with van der Waals surface area (Å²) >= 11 is 0. The Morgan fingerprint density at radius 3 is 1.09 bits per heavy atom. The Hall–Kier alpha value is -4.58. The molecule has 0 radical (unpaired) electrons. The van der Waals surface area contributed by atoms with E-state index >= 15 is 0 Å². The van der Waals surface area contributed by atoms with Crippen molar-refractivity contribution in [3.8, 4) is 0 Å². The SMILES string of the molecule is O=C(O)N(c1ccccc1)c1ccc(Cc2ccc(N(C(=O)O)c3ccccc3)cc2)cc1. The fraction of sp³-hybridized carbons (Fsp3) is 0.0370. The van der Waals surface area contributed by atoms with Crippen LogP contribution in [0.5, 0.6) is 0 Å². The molecule has 0 atom stereocenters. The molecule has 0 fully saturated rings. The van der Waals surface area contributed by atoms with Crippen molar-refractivity contribution < 1.29 is 19.8 Å². The molecule has 0 aromatic heterocycles. The van der Waals surface area contributed by atoms with Crippen LogP contribution >= 0.6 is 0 Å². The van der Waals surface area contributed by atoms with Crippen LogP contribution in [0.15, 0.2) is 109 Å². The van der Waals surface area contributed by atoms with Gasteiger partial charge in [0.05, 0.1) is 22.7 Å². The average Bonchev–Trinajstić information content (AvgIpc) is 2.83. The monoisotopic (exact) mass is 438 g/mol. The third-order valence-electron chi connectivity index (χ3n) is 5.21. The highest BCUT2D eigenvalue weighted by Gasteiger charge is 2.17. The van der Waals surface area contributed by atoms with E-state index in [4.69, 9.17) is 0 Å². The molecule has 0 saturated carbocycles. The molecule has 4 aromatic carbocycles. The number of anilines is 4. The van der Waals surface area contributed by atoms with Gasteiger partial charge in [0.2, 0.25) is 0 Å². The summed E-state index contributed by atoms with van der Waals surface area (Å²) in [5.74, 6) is 0. The molecule has 0 saturated heterocycles. The predicted molar refractivity (Wildman–Crippen MR) is 129 cm³/mol. The highest BCUT2D eigenvalue weighted by atomic mass is 16.4. The lowest BCUT2D eigenvalue weighted by Gasteiger charge is -2.20. The Bertz CT molecular complexity index is 1130. The zero-order chi connectivity index (χ0) is 23.2. The summed E-state index contributed by atoms with van der Waals surface area (Å²) in [5.41, 5.74) is 4.32. The van der Waals surface area contributed by atoms with Gasteiger partial charge >= 0.3 is 12.2 Å². The summed E-state index contributed by atoms with van der Waals surface area (Å²) < 4.78 is 0. The number of rotatable bonds is 6. The maximum Gasteiger partial charge on any atom is 0.416 e. The van der Waals surface area contributed by atoms with Crippen LogP contribution < -0.4 is 9.80 Å². The first-order valence-corrected chi connectivity index (χ1v) is 10.4. The standard InChI is InChI=1S/C27H22N2O4/c30-26(31)28(22-7-3-1-4-8-22)24-15-11-20(12-16-24)19-21-13-17-25(18-14-21)29(27(32)33)23-9-5-2-6-10-23/h1-18H,19H2,(H,30,31)(H,32,33). The van der Waals surface area contributed by atoms with Crippen LogP contribution in [0.2, 0.25) is 0 Å². The summed E-state index contributed by atoms with van der Waals surface area (Å²) in [7, 11) is 0. The number of amides is 2. The molecule has 4 aromatic rings. The van der Waals surface area contributed by atoms with E-state index in [1.165, 1.54) is 9.80 Å². The quantitative estimate of drug-likeness (QED) is 0.343. The molecule has 4 rings (SSSR count). The maximum atomic E-state index is 11.8. The first-order valence-electron chi connectivity index (χ1n) is 10.4. The summed E-state index contributed by atoms with van der Waals surface area (Å²) in [4.78, 5) is 26.1. The van der Waals surface area contributed by atoms with Gasteiger partial charge in [0.1, 0.15) is 0 Å². The second-order valence-corrected chi connectivity index (χ2v) is 7.42. The Labute approximate surface area is 191 Å². The topological polar surface area (TPSA) is 81.1 Å². The number of nitrogens with zero attached hydrogens (tertiary/aromatic N) is 2. The highest BCUT2D eigenvalue weighted by molar-refractivity contribution is 5.95. The van der Waals surface area contributed by atoms with E-state index in [1.807, 2.05) is 36.4 Å². The second kappa shape index (κ2) is 9.70. The summed E-state index contributed by atoms with van der Waals surface area (Å²) in [6.07, 6.45) is -1.46. The van der Waals surface area contributed by atoms with Crippen molar-refractivity contribution in [1.82, 2.24) is 0 Å². The van der Waals surface area contributed by atoms with E-state index in [1.54, 1.807) is 72.8 Å². The van der Waals surface area contributed by atoms with Gasteiger partial charge in [-0.05, 0) is 66.1 Å². The van der Waals surface area contributed by atoms with Gasteiger partial charge in [0.15, 0.2) is 0 Å². The first kappa shape index (κ1) is 21.6. The molecule has 0 aliphatic heterocycles. The summed E-state index contributed by atoms with van der Waals surface area (Å²) in [6, 6.07) is 32.6. The van der Waals surface area contributed by atoms with Crippen LogP contribution in [0, 0.1) is 0 Å². The Kier molecular flexibility index (Phi) is 6.36. The molecule has 0 heterocycles. The molecule has 0 unspecified atom stereocenters. The van der Waals surface area contributed by atoms with Crippen molar-refractivity contribution in [2.75, 3.05) is 9.80 Å². The van der Waals surface area contributed by atoms with E-state index in [0.29, 0.717) is 29.2 Å². The van der Waals surface area contributed by atoms with Crippen LogP contribution in [-0.2, 0) is 6.42 Å². The normalized spacial score (nSPS) is 10.4. The van der Waals surface area contributed by atoms with E-state index in [0.717, 1.165) is 11.1 Å². The van der Waals surface area contributed by atoms with Crippen molar-refractivity contribution in [3.05, 3.63) is 120 Å². The van der Waals surface area contributed by atoms with Gasteiger partial charge < -0.3 is 10.2 Å². The van der Waals surface area contributed by atoms with E-state index in [2.05, 4.69) is 0 Å². The number of carbonyl (C=O) groups is 2.